The van der Waals surface area contributed by atoms with Gasteiger partial charge >= 0.3 is 0 Å². The van der Waals surface area contributed by atoms with E-state index >= 15 is 0 Å². The molecule has 0 bridgehead atoms. The van der Waals surface area contributed by atoms with E-state index in [-0.39, 0.29) is 33.7 Å². The quantitative estimate of drug-likeness (QED) is 0.724. The number of hydrogen-bond acceptors (Lipinski definition) is 5. The lowest BCUT2D eigenvalue weighted by Crippen LogP contribution is -2.42. The number of nitrogens with zero attached hydrogens (tertiary/aromatic N) is 1. The topological polar surface area (TPSA) is 95.9 Å². The van der Waals surface area contributed by atoms with E-state index in [1.54, 1.807) is 12.1 Å². The number of rotatable bonds is 5. The molecule has 0 spiro atoms. The predicted octanol–water partition coefficient (Wildman–Crippen LogP) is 3.52. The third kappa shape index (κ3) is 4.38. The summed E-state index contributed by atoms with van der Waals surface area (Å²) in [7, 11) is -2.42. The summed E-state index contributed by atoms with van der Waals surface area (Å²) in [5, 5.41) is 12.6. The largest absolute Gasteiger partial charge is 0.506 e. The average molecular weight is 419 g/mol. The van der Waals surface area contributed by atoms with Gasteiger partial charge in [0.25, 0.3) is 5.91 Å². The summed E-state index contributed by atoms with van der Waals surface area (Å²) in [4.78, 5) is 12.7. The summed E-state index contributed by atoms with van der Waals surface area (Å²) in [6, 6.07) is 9.09. The lowest BCUT2D eigenvalue weighted by Gasteiger charge is -2.32. The summed E-state index contributed by atoms with van der Waals surface area (Å²) in [6.45, 7) is 4.16. The Morgan fingerprint density at radius 1 is 1.21 bits per heavy atom. The van der Waals surface area contributed by atoms with Gasteiger partial charge in [-0.3, -0.25) is 4.79 Å². The summed E-state index contributed by atoms with van der Waals surface area (Å²) in [5.41, 5.74) is 1.27. The van der Waals surface area contributed by atoms with Crippen LogP contribution in [0.4, 0.5) is 5.69 Å². The Morgan fingerprint density at radius 2 is 1.97 bits per heavy atom. The molecule has 29 heavy (non-hydrogen) atoms. The van der Waals surface area contributed by atoms with Gasteiger partial charge < -0.3 is 15.2 Å². The number of benzene rings is 2. The molecular weight excluding hydrogens is 392 g/mol. The molecule has 1 aliphatic heterocycles. The fourth-order valence-electron chi connectivity index (χ4n) is 3.52. The average Bonchev–Trinajstić information content (AvgIpc) is 2.69. The highest BCUT2D eigenvalue weighted by Crippen LogP contribution is 2.32. The molecule has 0 unspecified atom stereocenters. The molecule has 1 saturated heterocycles. The van der Waals surface area contributed by atoms with Crippen LogP contribution in [0.1, 0.15) is 42.1 Å². The zero-order valence-electron chi connectivity index (χ0n) is 16.8. The Balaban J connectivity index is 1.95. The van der Waals surface area contributed by atoms with Gasteiger partial charge in [0.1, 0.15) is 16.4 Å². The fraction of sp³-hybridized carbons (Fsp3) is 0.381. The first-order valence-corrected chi connectivity index (χ1v) is 11.0. The van der Waals surface area contributed by atoms with Crippen LogP contribution in [0, 0.1) is 6.92 Å². The summed E-state index contributed by atoms with van der Waals surface area (Å²) in [5.74, 6) is -0.380. The number of sulfonamides is 1. The third-order valence-corrected chi connectivity index (χ3v) is 7.19. The number of amides is 1. The van der Waals surface area contributed by atoms with Gasteiger partial charge in [0, 0.05) is 18.2 Å². The molecule has 0 aliphatic carbocycles. The van der Waals surface area contributed by atoms with Crippen LogP contribution < -0.4 is 10.1 Å². The van der Waals surface area contributed by atoms with Gasteiger partial charge in [0.2, 0.25) is 10.0 Å². The number of piperidine rings is 1. The number of nitrogens with one attached hydrogen (secondary N) is 1. The molecule has 1 atom stereocenters. The molecule has 0 saturated carbocycles. The first-order chi connectivity index (χ1) is 13.7. The van der Waals surface area contributed by atoms with E-state index in [9.17, 15) is 18.3 Å². The van der Waals surface area contributed by atoms with Crippen LogP contribution in [0.15, 0.2) is 41.3 Å². The lowest BCUT2D eigenvalue weighted by molar-refractivity contribution is 0.102. The van der Waals surface area contributed by atoms with E-state index in [0.29, 0.717) is 6.54 Å². The molecule has 3 rings (SSSR count). The van der Waals surface area contributed by atoms with Crippen LogP contribution in [0.5, 0.6) is 11.5 Å². The van der Waals surface area contributed by atoms with Crippen molar-refractivity contribution in [1.82, 2.24) is 4.31 Å². The fourth-order valence-corrected chi connectivity index (χ4v) is 5.40. The maximum absolute atomic E-state index is 13.3. The molecule has 0 radical (unpaired) electrons. The number of hydrogen-bond donors (Lipinski definition) is 2. The molecule has 2 aromatic carbocycles. The van der Waals surface area contributed by atoms with Crippen molar-refractivity contribution in [2.75, 3.05) is 19.0 Å². The maximum atomic E-state index is 13.3. The van der Waals surface area contributed by atoms with Crippen molar-refractivity contribution in [3.63, 3.8) is 0 Å². The Morgan fingerprint density at radius 3 is 2.62 bits per heavy atom. The monoisotopic (exact) mass is 418 g/mol. The predicted molar refractivity (Wildman–Crippen MR) is 111 cm³/mol. The van der Waals surface area contributed by atoms with Crippen LogP contribution >= 0.6 is 0 Å². The van der Waals surface area contributed by atoms with Crippen LogP contribution in [-0.2, 0) is 10.0 Å². The second-order valence-corrected chi connectivity index (χ2v) is 9.16. The van der Waals surface area contributed by atoms with E-state index in [1.807, 2.05) is 13.8 Å². The smallest absolute Gasteiger partial charge is 0.255 e. The third-order valence-electron chi connectivity index (χ3n) is 5.16. The summed E-state index contributed by atoms with van der Waals surface area (Å²) >= 11 is 0. The molecule has 1 heterocycles. The normalized spacial score (nSPS) is 17.7. The molecule has 7 nitrogen and oxygen atoms in total. The van der Waals surface area contributed by atoms with Gasteiger partial charge in [-0.05, 0) is 62.6 Å². The molecule has 0 aromatic heterocycles. The summed E-state index contributed by atoms with van der Waals surface area (Å²) < 4.78 is 33.3. The number of anilines is 1. The molecule has 2 aromatic rings. The van der Waals surface area contributed by atoms with Gasteiger partial charge in [-0.25, -0.2) is 8.42 Å². The number of carbonyl (C=O) groups is 1. The van der Waals surface area contributed by atoms with Crippen LogP contribution in [0.3, 0.4) is 0 Å². The number of methoxy groups -OCH3 is 1. The van der Waals surface area contributed by atoms with Crippen molar-refractivity contribution in [2.24, 2.45) is 0 Å². The molecule has 2 N–H and O–H groups in total. The van der Waals surface area contributed by atoms with Gasteiger partial charge in [-0.2, -0.15) is 4.31 Å². The van der Waals surface area contributed by atoms with E-state index in [4.69, 9.17) is 4.74 Å². The second kappa shape index (κ2) is 8.42. The number of carbonyl (C=O) groups excluding carboxylic acids is 1. The molecule has 1 amide bonds. The molecule has 1 fully saturated rings. The van der Waals surface area contributed by atoms with Crippen molar-refractivity contribution in [1.29, 1.82) is 0 Å². The van der Waals surface area contributed by atoms with E-state index in [1.165, 1.54) is 35.7 Å². The zero-order chi connectivity index (χ0) is 21.2. The molecule has 1 aliphatic rings. The minimum absolute atomic E-state index is 0.0328. The van der Waals surface area contributed by atoms with Crippen LogP contribution in [0.25, 0.3) is 0 Å². The Kier molecular flexibility index (Phi) is 6.14. The van der Waals surface area contributed by atoms with Gasteiger partial charge in [0.05, 0.1) is 12.8 Å². The standard InChI is InChI=1S/C21H26N2O5S/c1-14-7-9-17(18(24)12-14)22-21(25)16-8-10-19(28-3)20(13-16)29(26,27)23-11-5-4-6-15(23)2/h7-10,12-13,15,24H,4-6,11H2,1-3H3,(H,22,25)/t15-/m0/s1. The molecular formula is C21H26N2O5S. The summed E-state index contributed by atoms with van der Waals surface area (Å²) in [6.07, 6.45) is 2.60. The SMILES string of the molecule is COc1ccc(C(=O)Nc2ccc(C)cc2O)cc1S(=O)(=O)N1CCCC[C@@H]1C. The molecule has 156 valence electrons. The number of phenols is 1. The minimum Gasteiger partial charge on any atom is -0.506 e. The highest BCUT2D eigenvalue weighted by molar-refractivity contribution is 7.89. The van der Waals surface area contributed by atoms with E-state index < -0.39 is 15.9 Å². The molecule has 8 heteroatoms. The first-order valence-electron chi connectivity index (χ1n) is 9.55. The van der Waals surface area contributed by atoms with E-state index in [2.05, 4.69) is 5.32 Å². The van der Waals surface area contributed by atoms with Crippen molar-refractivity contribution >= 4 is 21.6 Å². The minimum atomic E-state index is -3.82. The van der Waals surface area contributed by atoms with Crippen molar-refractivity contribution < 1.29 is 23.1 Å². The van der Waals surface area contributed by atoms with E-state index in [0.717, 1.165) is 24.8 Å². The Bertz CT molecular complexity index is 1020. The second-order valence-electron chi connectivity index (χ2n) is 7.30. The van der Waals surface area contributed by atoms with Gasteiger partial charge in [0.15, 0.2) is 0 Å². The zero-order valence-corrected chi connectivity index (χ0v) is 17.6. The maximum Gasteiger partial charge on any atom is 0.255 e. The number of ether oxygens (including phenoxy) is 1. The van der Waals surface area contributed by atoms with Crippen LogP contribution in [-0.4, -0.2) is 43.4 Å². The van der Waals surface area contributed by atoms with Gasteiger partial charge in [-0.15, -0.1) is 0 Å². The van der Waals surface area contributed by atoms with Crippen molar-refractivity contribution in [3.8, 4) is 11.5 Å². The number of phenolic OH excluding ortho intramolecular Hbond substituents is 1. The number of aromatic hydroxyl groups is 1. The van der Waals surface area contributed by atoms with Gasteiger partial charge in [-0.1, -0.05) is 12.5 Å². The van der Waals surface area contributed by atoms with Crippen LogP contribution in [0.2, 0.25) is 0 Å². The highest BCUT2D eigenvalue weighted by atomic mass is 32.2. The first kappa shape index (κ1) is 21.1. The Hall–Kier alpha value is -2.58. The number of aryl methyl sites for hydroxylation is 1. The van der Waals surface area contributed by atoms with Crippen molar-refractivity contribution in [3.05, 3.63) is 47.5 Å². The lowest BCUT2D eigenvalue weighted by atomic mass is 10.1. The van der Waals surface area contributed by atoms with Crippen molar-refractivity contribution in [2.45, 2.75) is 44.0 Å². The highest BCUT2D eigenvalue weighted by Gasteiger charge is 2.33. The Labute approximate surface area is 171 Å².